The van der Waals surface area contributed by atoms with Gasteiger partial charge in [-0.2, -0.15) is 0 Å². The number of hydrogen-bond acceptors (Lipinski definition) is 2. The third-order valence-corrected chi connectivity index (χ3v) is 3.13. The maximum absolute atomic E-state index is 14.0. The standard InChI is InChI=1S/C15H24FNO/c1-4-5-6-9-17(12(2)3)15-8-7-13(11-18)10-14(15)16/h7-8,10,12,18H,4-6,9,11H2,1-3H3. The Balaban J connectivity index is 2.84. The van der Waals surface area contributed by atoms with E-state index in [4.69, 9.17) is 5.11 Å². The van der Waals surface area contributed by atoms with E-state index in [-0.39, 0.29) is 18.5 Å². The van der Waals surface area contributed by atoms with Crippen molar-refractivity contribution >= 4 is 5.69 Å². The fourth-order valence-corrected chi connectivity index (χ4v) is 2.07. The van der Waals surface area contributed by atoms with Gasteiger partial charge in [0.2, 0.25) is 0 Å². The molecular weight excluding hydrogens is 229 g/mol. The highest BCUT2D eigenvalue weighted by molar-refractivity contribution is 5.49. The van der Waals surface area contributed by atoms with E-state index in [2.05, 4.69) is 25.7 Å². The molecule has 2 nitrogen and oxygen atoms in total. The fourth-order valence-electron chi connectivity index (χ4n) is 2.07. The number of aliphatic hydroxyl groups is 1. The van der Waals surface area contributed by atoms with Crippen LogP contribution >= 0.6 is 0 Å². The average Bonchev–Trinajstić information content (AvgIpc) is 2.35. The number of anilines is 1. The van der Waals surface area contributed by atoms with Crippen molar-refractivity contribution in [2.24, 2.45) is 0 Å². The first-order valence-electron chi connectivity index (χ1n) is 6.76. The van der Waals surface area contributed by atoms with Crippen LogP contribution in [0.5, 0.6) is 0 Å². The van der Waals surface area contributed by atoms with Crippen LogP contribution in [0.4, 0.5) is 10.1 Å². The molecule has 0 atom stereocenters. The molecule has 0 radical (unpaired) electrons. The molecule has 0 spiro atoms. The van der Waals surface area contributed by atoms with Crippen LogP contribution in [-0.2, 0) is 6.61 Å². The van der Waals surface area contributed by atoms with Gasteiger partial charge in [-0.3, -0.25) is 0 Å². The second-order valence-corrected chi connectivity index (χ2v) is 4.94. The summed E-state index contributed by atoms with van der Waals surface area (Å²) in [6.45, 7) is 7.07. The lowest BCUT2D eigenvalue weighted by Gasteiger charge is -2.29. The molecule has 0 heterocycles. The second-order valence-electron chi connectivity index (χ2n) is 4.94. The molecule has 1 aromatic rings. The summed E-state index contributed by atoms with van der Waals surface area (Å²) in [7, 11) is 0. The Morgan fingerprint density at radius 1 is 1.28 bits per heavy atom. The highest BCUT2D eigenvalue weighted by Crippen LogP contribution is 2.23. The minimum atomic E-state index is -0.244. The van der Waals surface area contributed by atoms with Crippen LogP contribution in [0.2, 0.25) is 0 Å². The summed E-state index contributed by atoms with van der Waals surface area (Å²) < 4.78 is 14.0. The molecule has 0 amide bonds. The van der Waals surface area contributed by atoms with Gasteiger partial charge in [0, 0.05) is 12.6 Å². The lowest BCUT2D eigenvalue weighted by Crippen LogP contribution is -2.32. The van der Waals surface area contributed by atoms with Crippen molar-refractivity contribution in [3.63, 3.8) is 0 Å². The molecule has 3 heteroatoms. The zero-order chi connectivity index (χ0) is 13.5. The van der Waals surface area contributed by atoms with E-state index in [1.165, 1.54) is 12.5 Å². The number of halogens is 1. The molecule has 1 aromatic carbocycles. The molecule has 0 saturated heterocycles. The lowest BCUT2D eigenvalue weighted by atomic mass is 10.1. The van der Waals surface area contributed by atoms with Crippen LogP contribution in [0, 0.1) is 5.82 Å². The Kier molecular flexibility index (Phi) is 6.13. The van der Waals surface area contributed by atoms with Gasteiger partial charge in [0.25, 0.3) is 0 Å². The minimum Gasteiger partial charge on any atom is -0.392 e. The summed E-state index contributed by atoms with van der Waals surface area (Å²) in [5.41, 5.74) is 1.26. The van der Waals surface area contributed by atoms with Gasteiger partial charge < -0.3 is 10.0 Å². The molecule has 0 aliphatic carbocycles. The number of hydrogen-bond donors (Lipinski definition) is 1. The van der Waals surface area contributed by atoms with Crippen molar-refractivity contribution in [3.8, 4) is 0 Å². The van der Waals surface area contributed by atoms with Gasteiger partial charge in [0.05, 0.1) is 12.3 Å². The molecule has 0 unspecified atom stereocenters. The maximum Gasteiger partial charge on any atom is 0.146 e. The highest BCUT2D eigenvalue weighted by Gasteiger charge is 2.14. The van der Waals surface area contributed by atoms with Crippen molar-refractivity contribution in [2.45, 2.75) is 52.7 Å². The third-order valence-electron chi connectivity index (χ3n) is 3.13. The first-order valence-corrected chi connectivity index (χ1v) is 6.76. The highest BCUT2D eigenvalue weighted by atomic mass is 19.1. The van der Waals surface area contributed by atoms with E-state index in [0.717, 1.165) is 19.4 Å². The minimum absolute atomic E-state index is 0.116. The molecular formula is C15H24FNO. The molecule has 0 saturated carbocycles. The van der Waals surface area contributed by atoms with Crippen LogP contribution in [0.15, 0.2) is 18.2 Å². The van der Waals surface area contributed by atoms with Crippen LogP contribution in [0.3, 0.4) is 0 Å². The summed E-state index contributed by atoms with van der Waals surface area (Å²) in [5.74, 6) is -0.244. The zero-order valence-electron chi connectivity index (χ0n) is 11.6. The van der Waals surface area contributed by atoms with Gasteiger partial charge in [0.15, 0.2) is 0 Å². The summed E-state index contributed by atoms with van der Waals surface area (Å²) >= 11 is 0. The Morgan fingerprint density at radius 2 is 2.00 bits per heavy atom. The van der Waals surface area contributed by atoms with Crippen molar-refractivity contribution in [2.75, 3.05) is 11.4 Å². The van der Waals surface area contributed by atoms with Crippen LogP contribution in [0.25, 0.3) is 0 Å². The van der Waals surface area contributed by atoms with Crippen molar-refractivity contribution in [1.29, 1.82) is 0 Å². The number of aliphatic hydroxyl groups excluding tert-OH is 1. The number of nitrogens with zero attached hydrogens (tertiary/aromatic N) is 1. The molecule has 102 valence electrons. The molecule has 0 aliphatic rings. The topological polar surface area (TPSA) is 23.5 Å². The number of rotatable bonds is 7. The average molecular weight is 253 g/mol. The Hall–Kier alpha value is -1.09. The van der Waals surface area contributed by atoms with E-state index in [1.807, 2.05) is 0 Å². The monoisotopic (exact) mass is 253 g/mol. The van der Waals surface area contributed by atoms with Crippen molar-refractivity contribution in [3.05, 3.63) is 29.6 Å². The molecule has 1 rings (SSSR count). The molecule has 18 heavy (non-hydrogen) atoms. The van der Waals surface area contributed by atoms with Crippen LogP contribution in [0.1, 0.15) is 45.6 Å². The number of benzene rings is 1. The molecule has 0 aromatic heterocycles. The third kappa shape index (κ3) is 3.98. The van der Waals surface area contributed by atoms with Crippen LogP contribution in [-0.4, -0.2) is 17.7 Å². The van der Waals surface area contributed by atoms with Gasteiger partial charge >= 0.3 is 0 Å². The molecule has 0 bridgehead atoms. The number of unbranched alkanes of at least 4 members (excludes halogenated alkanes) is 2. The van der Waals surface area contributed by atoms with E-state index in [1.54, 1.807) is 12.1 Å². The molecule has 0 fully saturated rings. The largest absolute Gasteiger partial charge is 0.392 e. The lowest BCUT2D eigenvalue weighted by molar-refractivity contribution is 0.281. The summed E-state index contributed by atoms with van der Waals surface area (Å²) in [5, 5.41) is 8.99. The van der Waals surface area contributed by atoms with Gasteiger partial charge in [-0.15, -0.1) is 0 Å². The van der Waals surface area contributed by atoms with E-state index < -0.39 is 0 Å². The molecule has 0 aliphatic heterocycles. The Morgan fingerprint density at radius 3 is 2.50 bits per heavy atom. The van der Waals surface area contributed by atoms with Gasteiger partial charge in [-0.1, -0.05) is 25.8 Å². The van der Waals surface area contributed by atoms with E-state index in [9.17, 15) is 4.39 Å². The summed E-state index contributed by atoms with van der Waals surface area (Å²) in [6.07, 6.45) is 3.41. The van der Waals surface area contributed by atoms with Crippen LogP contribution < -0.4 is 4.90 Å². The normalized spacial score (nSPS) is 11.0. The summed E-state index contributed by atoms with van der Waals surface area (Å²) in [4.78, 5) is 2.09. The zero-order valence-corrected chi connectivity index (χ0v) is 11.6. The maximum atomic E-state index is 14.0. The first-order chi connectivity index (χ1) is 8.60. The van der Waals surface area contributed by atoms with Gasteiger partial charge in [0.1, 0.15) is 5.82 Å². The van der Waals surface area contributed by atoms with Gasteiger partial charge in [-0.05, 0) is 38.0 Å². The summed E-state index contributed by atoms with van der Waals surface area (Å²) in [6, 6.07) is 5.25. The van der Waals surface area contributed by atoms with Gasteiger partial charge in [-0.25, -0.2) is 4.39 Å². The Labute approximate surface area is 109 Å². The Bertz CT molecular complexity index is 366. The van der Waals surface area contributed by atoms with Crippen molar-refractivity contribution < 1.29 is 9.50 Å². The quantitative estimate of drug-likeness (QED) is 0.749. The van der Waals surface area contributed by atoms with E-state index in [0.29, 0.717) is 11.3 Å². The predicted octanol–water partition coefficient (Wildman–Crippen LogP) is 3.72. The smallest absolute Gasteiger partial charge is 0.146 e. The van der Waals surface area contributed by atoms with E-state index >= 15 is 0 Å². The SMILES string of the molecule is CCCCCN(c1ccc(CO)cc1F)C(C)C. The second kappa shape index (κ2) is 7.37. The predicted molar refractivity (Wildman–Crippen MR) is 74.3 cm³/mol. The van der Waals surface area contributed by atoms with Crippen molar-refractivity contribution in [1.82, 2.24) is 0 Å². The molecule has 1 N–H and O–H groups in total. The first kappa shape index (κ1) is 15.0. The fraction of sp³-hybridized carbons (Fsp3) is 0.600.